The quantitative estimate of drug-likeness (QED) is 0.202. The molecule has 0 fully saturated rings. The first-order valence-corrected chi connectivity index (χ1v) is 26.1. The van der Waals surface area contributed by atoms with E-state index in [2.05, 4.69) is 118 Å². The van der Waals surface area contributed by atoms with Crippen LogP contribution in [-0.2, 0) is 24.1 Å². The fraction of sp³-hybridized carbons (Fsp3) is 0.745. The smallest absolute Gasteiger partial charge is 0.187 e. The van der Waals surface area contributed by atoms with Gasteiger partial charge in [0.15, 0.2) is 17.3 Å². The lowest BCUT2D eigenvalue weighted by Gasteiger charge is -2.22. The van der Waals surface area contributed by atoms with Gasteiger partial charge < -0.3 is 5.32 Å². The Hall–Kier alpha value is -2.40. The normalized spacial score (nSPS) is 13.0. The van der Waals surface area contributed by atoms with E-state index in [0.717, 1.165) is 50.5 Å². The number of carbonyl (C=O) groups excluding carboxylic acids is 4. The van der Waals surface area contributed by atoms with Crippen molar-refractivity contribution in [3.8, 4) is 0 Å². The fourth-order valence-corrected chi connectivity index (χ4v) is 9.83. The van der Waals surface area contributed by atoms with E-state index in [1.165, 1.54) is 4.88 Å². The molecule has 0 atom stereocenters. The zero-order valence-corrected chi connectivity index (χ0v) is 49.0. The van der Waals surface area contributed by atoms with Crippen LogP contribution in [-0.4, -0.2) is 45.2 Å². The van der Waals surface area contributed by atoms with Gasteiger partial charge in [-0.25, -0.2) is 9.97 Å². The number of nitrogens with one attached hydrogen (secondary N) is 1. The van der Waals surface area contributed by atoms with Crippen LogP contribution < -0.4 is 5.32 Å². The van der Waals surface area contributed by atoms with Crippen molar-refractivity contribution < 1.29 is 19.2 Å². The molecule has 65 heavy (non-hydrogen) atoms. The van der Waals surface area contributed by atoms with Gasteiger partial charge in [-0.15, -0.1) is 34.0 Å². The van der Waals surface area contributed by atoms with Gasteiger partial charge in [-0.05, 0) is 68.4 Å². The number of nitrogens with zero attached hydrogens (tertiary/aromatic N) is 2. The van der Waals surface area contributed by atoms with Crippen molar-refractivity contribution in [3.63, 3.8) is 0 Å². The van der Waals surface area contributed by atoms with Gasteiger partial charge in [0.1, 0.15) is 17.2 Å². The van der Waals surface area contributed by atoms with E-state index in [1.807, 2.05) is 96.1 Å². The van der Waals surface area contributed by atoms with Crippen LogP contribution in [0.15, 0.2) is 12.1 Å². The highest BCUT2D eigenvalue weighted by atomic mass is 32.1. The Morgan fingerprint density at radius 2 is 0.923 bits per heavy atom. The van der Waals surface area contributed by atoms with Crippen LogP contribution in [0.3, 0.4) is 0 Å². The van der Waals surface area contributed by atoms with Gasteiger partial charge in [-0.2, -0.15) is 0 Å². The van der Waals surface area contributed by atoms with Crippen molar-refractivity contribution in [1.82, 2.24) is 15.3 Å². The average molecular weight is 959 g/mol. The lowest BCUT2D eigenvalue weighted by Crippen LogP contribution is -2.38. The van der Waals surface area contributed by atoms with Gasteiger partial charge in [-0.3, -0.25) is 19.2 Å². The fourth-order valence-electron chi connectivity index (χ4n) is 5.78. The number of aryl methyl sites for hydroxylation is 1. The third-order valence-corrected chi connectivity index (χ3v) is 12.7. The summed E-state index contributed by atoms with van der Waals surface area (Å²) >= 11 is 5.01. The molecule has 3 heterocycles. The summed E-state index contributed by atoms with van der Waals surface area (Å²) in [6, 6.07) is 4.06. The molecule has 0 saturated heterocycles. The lowest BCUT2D eigenvalue weighted by molar-refractivity contribution is -0.126. The summed E-state index contributed by atoms with van der Waals surface area (Å²) in [5, 5.41) is 5.46. The second-order valence-corrected chi connectivity index (χ2v) is 30.4. The number of rotatable bonds is 10. The van der Waals surface area contributed by atoms with Crippen LogP contribution in [0, 0.1) is 44.8 Å². The first-order valence-electron chi connectivity index (χ1n) is 23.6. The van der Waals surface area contributed by atoms with Gasteiger partial charge in [0.2, 0.25) is 0 Å². The summed E-state index contributed by atoms with van der Waals surface area (Å²) in [7, 11) is 0. The monoisotopic (exact) mass is 958 g/mol. The van der Waals surface area contributed by atoms with Crippen LogP contribution in [0.1, 0.15) is 248 Å². The molecule has 0 aliphatic carbocycles. The number of thiophene rings is 1. The van der Waals surface area contributed by atoms with Gasteiger partial charge in [0.05, 0.1) is 14.9 Å². The maximum Gasteiger partial charge on any atom is 0.187 e. The van der Waals surface area contributed by atoms with Gasteiger partial charge in [0, 0.05) is 67.6 Å². The largest absolute Gasteiger partial charge is 0.312 e. The Balaban J connectivity index is 0.000000848. The topological polar surface area (TPSA) is 106 Å². The number of thiazole rings is 2. The van der Waals surface area contributed by atoms with Crippen molar-refractivity contribution in [2.75, 3.05) is 6.54 Å². The molecule has 0 bridgehead atoms. The van der Waals surface area contributed by atoms with E-state index in [9.17, 15) is 19.2 Å². The molecule has 10 heteroatoms. The van der Waals surface area contributed by atoms with Gasteiger partial charge >= 0.3 is 0 Å². The average Bonchev–Trinajstić information content (AvgIpc) is 3.78. The molecule has 372 valence electrons. The van der Waals surface area contributed by atoms with Gasteiger partial charge in [0.25, 0.3) is 0 Å². The summed E-state index contributed by atoms with van der Waals surface area (Å²) in [6.07, 6.45) is 3.51. The van der Waals surface area contributed by atoms with Crippen LogP contribution in [0.5, 0.6) is 0 Å². The summed E-state index contributed by atoms with van der Waals surface area (Å²) in [5.74, 6) is 1.23. The molecule has 0 unspecified atom stereocenters. The standard InChI is InChI=1S/C16H27NOS.C14H23NOS.C14H22OS.C11H23NO/c1-10(2)13-12(14(18)16(6,7)8)17-11(19-13)9-15(3,4)5;1-9-11(12(16)14(5,6)7)15-10(17-9)8-13(2,3)4;1-13(2,3)9-10-7-8-11(16-10)12(15)14(4,5)6;1-10(2,3)9(13)7-8-12-11(4,5)6/h10H,9H2,1-8H3;8H2,1-7H3;7-8H,9H2,1-6H3;12H,7-8H2,1-6H3. The Kier molecular flexibility index (Phi) is 22.9. The van der Waals surface area contributed by atoms with E-state index in [1.54, 1.807) is 34.0 Å². The SMILES string of the molecule is CC(C)(C)Cc1ccc(C(=O)C(C)(C)C)s1.CC(C)(C)NCCC(=O)C(C)(C)C.CC(C)c1sc(CC(C)(C)C)nc1C(=O)C(C)(C)C.Cc1sc(CC(C)(C)C)nc1C(=O)C(C)(C)C. The zero-order valence-electron chi connectivity index (χ0n) is 46.5. The van der Waals surface area contributed by atoms with Crippen molar-refractivity contribution in [2.45, 2.75) is 224 Å². The zero-order chi connectivity index (χ0) is 51.7. The molecule has 3 aromatic rings. The number of Topliss-reactive ketones (excluding diaryl/α,β-unsaturated/α-hetero) is 4. The third-order valence-electron chi connectivity index (χ3n) is 9.33. The van der Waals surface area contributed by atoms with E-state index in [4.69, 9.17) is 0 Å². The molecule has 7 nitrogen and oxygen atoms in total. The van der Waals surface area contributed by atoms with Crippen LogP contribution >= 0.6 is 34.0 Å². The first-order chi connectivity index (χ1) is 28.6. The van der Waals surface area contributed by atoms with Gasteiger partial charge in [-0.1, -0.05) is 159 Å². The molecule has 1 N–H and O–H groups in total. The molecule has 3 rings (SSSR count). The highest BCUT2D eigenvalue weighted by Gasteiger charge is 2.31. The Bertz CT molecular complexity index is 1990. The molecule has 0 saturated carbocycles. The predicted molar refractivity (Wildman–Crippen MR) is 285 cm³/mol. The molecule has 0 aliphatic heterocycles. The third kappa shape index (κ3) is 25.5. The van der Waals surface area contributed by atoms with Crippen molar-refractivity contribution in [3.05, 3.63) is 53.0 Å². The van der Waals surface area contributed by atoms with E-state index in [0.29, 0.717) is 29.5 Å². The number of carbonyl (C=O) groups is 4. The second-order valence-electron chi connectivity index (χ2n) is 26.8. The molecule has 0 amide bonds. The van der Waals surface area contributed by atoms with E-state index in [-0.39, 0.29) is 60.8 Å². The number of hydrogen-bond donors (Lipinski definition) is 1. The first kappa shape index (κ1) is 62.6. The molecular formula is C55H95N3O4S3. The number of aromatic nitrogens is 2. The molecule has 0 spiro atoms. The Morgan fingerprint density at radius 1 is 0.523 bits per heavy atom. The minimum Gasteiger partial charge on any atom is -0.312 e. The van der Waals surface area contributed by atoms with Crippen molar-refractivity contribution >= 4 is 57.1 Å². The molecule has 0 radical (unpaired) electrons. The summed E-state index contributed by atoms with van der Waals surface area (Å²) < 4.78 is 0. The molecule has 0 aliphatic rings. The lowest BCUT2D eigenvalue weighted by atomic mass is 9.87. The number of hydrogen-bond acceptors (Lipinski definition) is 10. The van der Waals surface area contributed by atoms with Crippen LogP contribution in [0.25, 0.3) is 0 Å². The van der Waals surface area contributed by atoms with Crippen molar-refractivity contribution in [2.24, 2.45) is 37.9 Å². The van der Waals surface area contributed by atoms with Crippen LogP contribution in [0.2, 0.25) is 0 Å². The van der Waals surface area contributed by atoms with Crippen molar-refractivity contribution in [1.29, 1.82) is 0 Å². The summed E-state index contributed by atoms with van der Waals surface area (Å²) in [4.78, 5) is 61.9. The Morgan fingerprint density at radius 3 is 1.29 bits per heavy atom. The minimum absolute atomic E-state index is 0.109. The van der Waals surface area contributed by atoms with E-state index >= 15 is 0 Å². The maximum atomic E-state index is 12.5. The minimum atomic E-state index is -0.364. The molecule has 0 aromatic carbocycles. The molecular weight excluding hydrogens is 863 g/mol. The van der Waals surface area contributed by atoms with E-state index < -0.39 is 0 Å². The Labute approximate surface area is 411 Å². The van der Waals surface area contributed by atoms with Crippen LogP contribution in [0.4, 0.5) is 0 Å². The summed E-state index contributed by atoms with van der Waals surface area (Å²) in [5.41, 5.74) is 0.997. The highest BCUT2D eigenvalue weighted by molar-refractivity contribution is 7.14. The predicted octanol–water partition coefficient (Wildman–Crippen LogP) is 16.3. The highest BCUT2D eigenvalue weighted by Crippen LogP contribution is 2.35. The maximum absolute atomic E-state index is 12.5. The summed E-state index contributed by atoms with van der Waals surface area (Å²) in [6.45, 7) is 56.7. The second kappa shape index (κ2) is 23.7. The number of ketones is 4. The molecule has 3 aromatic heterocycles.